The molecule has 0 spiro atoms. The highest BCUT2D eigenvalue weighted by Crippen LogP contribution is 2.24. The molecule has 1 aromatic heterocycles. The molecule has 1 aliphatic rings. The Morgan fingerprint density at radius 3 is 2.38 bits per heavy atom. The standard InChI is InChI=1S/C19H22N4O/c1-15(17-4-2-16(14-24)3-5-17)22-8-10-23(11-9-22)19-7-6-18(12-20)21-13-19/h2-7,13,15,24H,8-11,14H2,1H3. The molecule has 0 saturated carbocycles. The number of benzene rings is 1. The molecule has 1 aliphatic heterocycles. The van der Waals surface area contributed by atoms with E-state index in [1.54, 1.807) is 12.3 Å². The highest BCUT2D eigenvalue weighted by atomic mass is 16.3. The van der Waals surface area contributed by atoms with Gasteiger partial charge in [0.05, 0.1) is 18.5 Å². The van der Waals surface area contributed by atoms with Gasteiger partial charge in [0.15, 0.2) is 0 Å². The first-order valence-electron chi connectivity index (χ1n) is 8.26. The van der Waals surface area contributed by atoms with E-state index in [1.807, 2.05) is 18.2 Å². The monoisotopic (exact) mass is 322 g/mol. The van der Waals surface area contributed by atoms with Crippen LogP contribution in [0.25, 0.3) is 0 Å². The maximum Gasteiger partial charge on any atom is 0.140 e. The summed E-state index contributed by atoms with van der Waals surface area (Å²) < 4.78 is 0. The number of rotatable bonds is 4. The molecule has 1 unspecified atom stereocenters. The Kier molecular flexibility index (Phi) is 5.09. The number of aromatic nitrogens is 1. The number of aliphatic hydroxyl groups is 1. The topological polar surface area (TPSA) is 63.4 Å². The van der Waals surface area contributed by atoms with Gasteiger partial charge in [0.2, 0.25) is 0 Å². The first kappa shape index (κ1) is 16.4. The number of nitriles is 1. The molecular weight excluding hydrogens is 300 g/mol. The van der Waals surface area contributed by atoms with Crippen molar-refractivity contribution < 1.29 is 5.11 Å². The van der Waals surface area contributed by atoms with Gasteiger partial charge in [-0.3, -0.25) is 4.90 Å². The van der Waals surface area contributed by atoms with Crippen LogP contribution in [0.5, 0.6) is 0 Å². The smallest absolute Gasteiger partial charge is 0.140 e. The fourth-order valence-electron chi connectivity index (χ4n) is 3.12. The van der Waals surface area contributed by atoms with Crippen molar-refractivity contribution in [3.63, 3.8) is 0 Å². The van der Waals surface area contributed by atoms with E-state index in [2.05, 4.69) is 39.9 Å². The number of pyridine rings is 1. The minimum Gasteiger partial charge on any atom is -0.392 e. The van der Waals surface area contributed by atoms with Crippen molar-refractivity contribution in [2.45, 2.75) is 19.6 Å². The van der Waals surface area contributed by atoms with Crippen molar-refractivity contribution in [3.8, 4) is 6.07 Å². The molecule has 5 heteroatoms. The van der Waals surface area contributed by atoms with E-state index in [0.717, 1.165) is 37.4 Å². The Balaban J connectivity index is 1.60. The Morgan fingerprint density at radius 2 is 1.83 bits per heavy atom. The summed E-state index contributed by atoms with van der Waals surface area (Å²) in [6.07, 6.45) is 1.78. The Morgan fingerprint density at radius 1 is 1.12 bits per heavy atom. The van der Waals surface area contributed by atoms with Crippen molar-refractivity contribution in [1.29, 1.82) is 5.26 Å². The Hall–Kier alpha value is -2.42. The van der Waals surface area contributed by atoms with Crippen LogP contribution in [-0.2, 0) is 6.61 Å². The van der Waals surface area contributed by atoms with Crippen LogP contribution in [0.2, 0.25) is 0 Å². The maximum absolute atomic E-state index is 9.15. The molecule has 1 aromatic carbocycles. The van der Waals surface area contributed by atoms with Crippen molar-refractivity contribution >= 4 is 5.69 Å². The molecule has 1 N–H and O–H groups in total. The van der Waals surface area contributed by atoms with E-state index in [-0.39, 0.29) is 6.61 Å². The lowest BCUT2D eigenvalue weighted by Crippen LogP contribution is -2.47. The molecule has 1 fully saturated rings. The van der Waals surface area contributed by atoms with E-state index >= 15 is 0 Å². The van der Waals surface area contributed by atoms with E-state index < -0.39 is 0 Å². The average Bonchev–Trinajstić information content (AvgIpc) is 2.68. The second-order valence-electron chi connectivity index (χ2n) is 6.11. The number of piperazine rings is 1. The fourth-order valence-corrected chi connectivity index (χ4v) is 3.12. The summed E-state index contributed by atoms with van der Waals surface area (Å²) in [5.74, 6) is 0. The van der Waals surface area contributed by atoms with Gasteiger partial charge in [0.1, 0.15) is 11.8 Å². The lowest BCUT2D eigenvalue weighted by molar-refractivity contribution is 0.198. The molecule has 0 amide bonds. The summed E-state index contributed by atoms with van der Waals surface area (Å²) in [5.41, 5.74) is 3.76. The van der Waals surface area contributed by atoms with Gasteiger partial charge in [0.25, 0.3) is 0 Å². The number of anilines is 1. The number of hydrogen-bond acceptors (Lipinski definition) is 5. The maximum atomic E-state index is 9.15. The zero-order valence-corrected chi connectivity index (χ0v) is 13.9. The first-order valence-corrected chi connectivity index (χ1v) is 8.26. The molecule has 1 atom stereocenters. The SMILES string of the molecule is CC(c1ccc(CO)cc1)N1CCN(c2ccc(C#N)nc2)CC1. The molecule has 5 nitrogen and oxygen atoms in total. The molecular formula is C19H22N4O. The average molecular weight is 322 g/mol. The van der Waals surface area contributed by atoms with Crippen LogP contribution in [0, 0.1) is 11.3 Å². The molecule has 1 saturated heterocycles. The summed E-state index contributed by atoms with van der Waals surface area (Å²) in [5, 5.41) is 18.0. The van der Waals surface area contributed by atoms with E-state index in [4.69, 9.17) is 10.4 Å². The largest absolute Gasteiger partial charge is 0.392 e. The lowest BCUT2D eigenvalue weighted by Gasteiger charge is -2.39. The molecule has 24 heavy (non-hydrogen) atoms. The molecule has 0 bridgehead atoms. The number of aliphatic hydroxyl groups excluding tert-OH is 1. The number of nitrogens with zero attached hydrogens (tertiary/aromatic N) is 4. The molecule has 124 valence electrons. The fraction of sp³-hybridized carbons (Fsp3) is 0.368. The van der Waals surface area contributed by atoms with Gasteiger partial charge >= 0.3 is 0 Å². The summed E-state index contributed by atoms with van der Waals surface area (Å²) in [4.78, 5) is 8.94. The van der Waals surface area contributed by atoms with Crippen molar-refractivity contribution in [1.82, 2.24) is 9.88 Å². The second kappa shape index (κ2) is 7.43. The van der Waals surface area contributed by atoms with Crippen LogP contribution in [0.4, 0.5) is 5.69 Å². The summed E-state index contributed by atoms with van der Waals surface area (Å²) in [6.45, 7) is 6.20. The third-order valence-electron chi connectivity index (χ3n) is 4.73. The van der Waals surface area contributed by atoms with E-state index in [1.165, 1.54) is 5.56 Å². The van der Waals surface area contributed by atoms with Crippen molar-refractivity contribution in [3.05, 3.63) is 59.4 Å². The molecule has 2 heterocycles. The highest BCUT2D eigenvalue weighted by Gasteiger charge is 2.22. The van der Waals surface area contributed by atoms with Crippen molar-refractivity contribution in [2.24, 2.45) is 0 Å². The molecule has 2 aromatic rings. The minimum absolute atomic E-state index is 0.0892. The van der Waals surface area contributed by atoms with Crippen molar-refractivity contribution in [2.75, 3.05) is 31.1 Å². The minimum atomic E-state index is 0.0892. The molecule has 0 aliphatic carbocycles. The quantitative estimate of drug-likeness (QED) is 0.936. The van der Waals surface area contributed by atoms with Crippen LogP contribution in [-0.4, -0.2) is 41.2 Å². The summed E-state index contributed by atoms with van der Waals surface area (Å²) in [7, 11) is 0. The normalized spacial score (nSPS) is 16.6. The van der Waals surface area contributed by atoms with E-state index in [9.17, 15) is 0 Å². The summed E-state index contributed by atoms with van der Waals surface area (Å²) in [6, 6.07) is 14.3. The van der Waals surface area contributed by atoms with Gasteiger partial charge in [-0.2, -0.15) is 5.26 Å². The third-order valence-corrected chi connectivity index (χ3v) is 4.73. The van der Waals surface area contributed by atoms with Gasteiger partial charge in [-0.25, -0.2) is 4.98 Å². The Labute approximate surface area is 142 Å². The second-order valence-corrected chi connectivity index (χ2v) is 6.11. The Bertz CT molecular complexity index is 698. The van der Waals surface area contributed by atoms with E-state index in [0.29, 0.717) is 11.7 Å². The lowest BCUT2D eigenvalue weighted by atomic mass is 10.0. The summed E-state index contributed by atoms with van der Waals surface area (Å²) >= 11 is 0. The molecule has 0 radical (unpaired) electrons. The molecule has 3 rings (SSSR count). The van der Waals surface area contributed by atoms with Gasteiger partial charge < -0.3 is 10.0 Å². The van der Waals surface area contributed by atoms with Crippen LogP contribution in [0.1, 0.15) is 29.8 Å². The predicted molar refractivity (Wildman–Crippen MR) is 93.5 cm³/mol. The van der Waals surface area contributed by atoms with Gasteiger partial charge in [-0.15, -0.1) is 0 Å². The van der Waals surface area contributed by atoms with Crippen LogP contribution < -0.4 is 4.90 Å². The van der Waals surface area contributed by atoms with Crippen LogP contribution in [0.3, 0.4) is 0 Å². The predicted octanol–water partition coefficient (Wildman–Crippen LogP) is 2.33. The van der Waals surface area contributed by atoms with Gasteiger partial charge in [-0.1, -0.05) is 24.3 Å². The first-order chi connectivity index (χ1) is 11.7. The zero-order chi connectivity index (χ0) is 16.9. The van der Waals surface area contributed by atoms with Crippen LogP contribution >= 0.6 is 0 Å². The van der Waals surface area contributed by atoms with Crippen LogP contribution in [0.15, 0.2) is 42.6 Å². The van der Waals surface area contributed by atoms with Gasteiger partial charge in [0, 0.05) is 32.2 Å². The highest BCUT2D eigenvalue weighted by molar-refractivity contribution is 5.46. The zero-order valence-electron chi connectivity index (χ0n) is 13.9. The van der Waals surface area contributed by atoms with Gasteiger partial charge in [-0.05, 0) is 30.2 Å². The third kappa shape index (κ3) is 3.56. The number of hydrogen-bond donors (Lipinski definition) is 1.